The van der Waals surface area contributed by atoms with Crippen molar-refractivity contribution in [2.45, 2.75) is 25.2 Å². The summed E-state index contributed by atoms with van der Waals surface area (Å²) in [6, 6.07) is 16.8. The summed E-state index contributed by atoms with van der Waals surface area (Å²) in [6.45, 7) is 6.54. The summed E-state index contributed by atoms with van der Waals surface area (Å²) in [5, 5.41) is 5.07. The monoisotopic (exact) mass is 478 g/mol. The number of nitrogens with zero attached hydrogens (tertiary/aromatic N) is 4. The molecular weight excluding hydrogens is 452 g/mol. The highest BCUT2D eigenvalue weighted by Crippen LogP contribution is 2.23. The van der Waals surface area contributed by atoms with E-state index in [-0.39, 0.29) is 11.5 Å². The predicted octanol–water partition coefficient (Wildman–Crippen LogP) is 4.07. The molecule has 0 radical (unpaired) electrons. The van der Waals surface area contributed by atoms with Gasteiger partial charge in [-0.1, -0.05) is 54.2 Å². The molecule has 1 saturated heterocycles. The minimum atomic E-state index is -0.0190. The van der Waals surface area contributed by atoms with Crippen LogP contribution in [0.25, 0.3) is 21.0 Å². The van der Waals surface area contributed by atoms with Gasteiger partial charge in [-0.2, -0.15) is 0 Å². The normalized spacial score (nSPS) is 14.9. The average molecular weight is 479 g/mol. The van der Waals surface area contributed by atoms with Gasteiger partial charge in [-0.15, -0.1) is 11.3 Å². The Hall–Kier alpha value is -2.68. The van der Waals surface area contributed by atoms with Gasteiger partial charge in [0.15, 0.2) is 5.16 Å². The number of piperazine rings is 1. The Morgan fingerprint density at radius 3 is 2.67 bits per heavy atom. The number of fused-ring (bicyclic) bond motifs is 2. The van der Waals surface area contributed by atoms with Crippen molar-refractivity contribution in [3.63, 3.8) is 0 Å². The van der Waals surface area contributed by atoms with E-state index in [1.807, 2.05) is 23.3 Å². The number of hydrogen-bond donors (Lipinski definition) is 0. The van der Waals surface area contributed by atoms with Crippen molar-refractivity contribution in [2.75, 3.05) is 31.9 Å². The molecule has 2 aromatic heterocycles. The van der Waals surface area contributed by atoms with Gasteiger partial charge in [0.1, 0.15) is 4.70 Å². The molecule has 3 heterocycles. The van der Waals surface area contributed by atoms with Gasteiger partial charge in [-0.25, -0.2) is 4.98 Å². The molecule has 5 rings (SSSR count). The maximum Gasteiger partial charge on any atom is 0.272 e. The molecule has 1 aliphatic heterocycles. The lowest BCUT2D eigenvalue weighted by molar-refractivity contribution is -0.130. The van der Waals surface area contributed by atoms with Crippen molar-refractivity contribution in [1.29, 1.82) is 0 Å². The Kier molecular flexibility index (Phi) is 6.48. The summed E-state index contributed by atoms with van der Waals surface area (Å²) in [4.78, 5) is 34.5. The molecule has 8 heteroatoms. The van der Waals surface area contributed by atoms with Crippen molar-refractivity contribution in [2.24, 2.45) is 0 Å². The van der Waals surface area contributed by atoms with Crippen LogP contribution in [0.5, 0.6) is 0 Å². The van der Waals surface area contributed by atoms with Crippen LogP contribution in [0.2, 0.25) is 0 Å². The van der Waals surface area contributed by atoms with E-state index < -0.39 is 0 Å². The van der Waals surface area contributed by atoms with E-state index >= 15 is 0 Å². The highest BCUT2D eigenvalue weighted by atomic mass is 32.2. The minimum absolute atomic E-state index is 0.0190. The lowest BCUT2D eigenvalue weighted by Gasteiger charge is -2.35. The number of thioether (sulfide) groups is 1. The van der Waals surface area contributed by atoms with Crippen molar-refractivity contribution in [1.82, 2.24) is 19.4 Å². The minimum Gasteiger partial charge on any atom is -0.339 e. The molecule has 0 aliphatic carbocycles. The molecule has 1 aliphatic rings. The zero-order valence-electron chi connectivity index (χ0n) is 18.6. The molecule has 0 bridgehead atoms. The fourth-order valence-electron chi connectivity index (χ4n) is 4.36. The number of aromatic nitrogens is 2. The van der Waals surface area contributed by atoms with Crippen LogP contribution in [0.1, 0.15) is 12.5 Å². The van der Waals surface area contributed by atoms with E-state index in [1.165, 1.54) is 39.4 Å². The summed E-state index contributed by atoms with van der Waals surface area (Å²) in [7, 11) is 0. The molecule has 170 valence electrons. The van der Waals surface area contributed by atoms with E-state index in [4.69, 9.17) is 0 Å². The molecule has 1 amide bonds. The van der Waals surface area contributed by atoms with Crippen LogP contribution in [0.15, 0.2) is 63.9 Å². The standard InChI is InChI=1S/C25H26N4O2S2/c1-2-29-24(31)23-21(10-15-32-23)26-25(29)33-17-22(30)28-13-11-27(12-14-28)16-19-8-5-7-18-6-3-4-9-20(18)19/h3-10,15H,2,11-14,16-17H2,1H3. The highest BCUT2D eigenvalue weighted by molar-refractivity contribution is 7.99. The lowest BCUT2D eigenvalue weighted by Crippen LogP contribution is -2.48. The van der Waals surface area contributed by atoms with Crippen LogP contribution in [0, 0.1) is 0 Å². The predicted molar refractivity (Wildman–Crippen MR) is 136 cm³/mol. The van der Waals surface area contributed by atoms with Crippen molar-refractivity contribution < 1.29 is 4.79 Å². The molecule has 4 aromatic rings. The first kappa shape index (κ1) is 22.1. The van der Waals surface area contributed by atoms with E-state index in [1.54, 1.807) is 4.57 Å². The second-order valence-corrected chi connectivity index (χ2v) is 10.0. The average Bonchev–Trinajstić information content (AvgIpc) is 3.32. The van der Waals surface area contributed by atoms with E-state index in [0.29, 0.717) is 27.7 Å². The fourth-order valence-corrected chi connectivity index (χ4v) is 6.10. The molecule has 0 N–H and O–H groups in total. The molecule has 0 saturated carbocycles. The Labute approximate surface area is 200 Å². The maximum absolute atomic E-state index is 12.9. The molecule has 0 unspecified atom stereocenters. The van der Waals surface area contributed by atoms with Gasteiger partial charge in [0.2, 0.25) is 5.91 Å². The number of thiophene rings is 1. The lowest BCUT2D eigenvalue weighted by atomic mass is 10.0. The Morgan fingerprint density at radius 2 is 1.85 bits per heavy atom. The molecular formula is C25H26N4O2S2. The first-order valence-electron chi connectivity index (χ1n) is 11.2. The topological polar surface area (TPSA) is 58.4 Å². The van der Waals surface area contributed by atoms with Crippen LogP contribution in [0.4, 0.5) is 0 Å². The summed E-state index contributed by atoms with van der Waals surface area (Å²) < 4.78 is 2.34. The molecule has 0 atom stereocenters. The number of amides is 1. The van der Waals surface area contributed by atoms with Gasteiger partial charge in [0.05, 0.1) is 11.3 Å². The van der Waals surface area contributed by atoms with E-state index in [9.17, 15) is 9.59 Å². The summed E-state index contributed by atoms with van der Waals surface area (Å²) in [5.41, 5.74) is 2.03. The summed E-state index contributed by atoms with van der Waals surface area (Å²) >= 11 is 2.78. The third-order valence-electron chi connectivity index (χ3n) is 6.17. The van der Waals surface area contributed by atoms with Gasteiger partial charge >= 0.3 is 0 Å². The van der Waals surface area contributed by atoms with Crippen molar-refractivity contribution in [3.05, 3.63) is 69.8 Å². The molecule has 6 nitrogen and oxygen atoms in total. The Bertz CT molecular complexity index is 1350. The van der Waals surface area contributed by atoms with Crippen molar-refractivity contribution in [3.8, 4) is 0 Å². The van der Waals surface area contributed by atoms with E-state index in [0.717, 1.165) is 32.7 Å². The quantitative estimate of drug-likeness (QED) is 0.309. The molecule has 0 spiro atoms. The van der Waals surface area contributed by atoms with Gasteiger partial charge in [-0.05, 0) is 34.7 Å². The van der Waals surface area contributed by atoms with Crippen molar-refractivity contribution >= 4 is 50.0 Å². The van der Waals surface area contributed by atoms with Crippen LogP contribution in [-0.4, -0.2) is 57.2 Å². The molecule has 2 aromatic carbocycles. The van der Waals surface area contributed by atoms with Gasteiger partial charge in [-0.3, -0.25) is 19.1 Å². The highest BCUT2D eigenvalue weighted by Gasteiger charge is 2.22. The number of carbonyl (C=O) groups excluding carboxylic acids is 1. The van der Waals surface area contributed by atoms with Crippen LogP contribution < -0.4 is 5.56 Å². The zero-order valence-corrected chi connectivity index (χ0v) is 20.2. The summed E-state index contributed by atoms with van der Waals surface area (Å²) in [5.74, 6) is 0.401. The molecule has 33 heavy (non-hydrogen) atoms. The number of carbonyl (C=O) groups is 1. The van der Waals surface area contributed by atoms with Crippen LogP contribution in [0.3, 0.4) is 0 Å². The fraction of sp³-hybridized carbons (Fsp3) is 0.320. The summed E-state index contributed by atoms with van der Waals surface area (Å²) in [6.07, 6.45) is 0. The second-order valence-electron chi connectivity index (χ2n) is 8.16. The molecule has 1 fully saturated rings. The first-order chi connectivity index (χ1) is 16.1. The maximum atomic E-state index is 12.9. The van der Waals surface area contributed by atoms with E-state index in [2.05, 4.69) is 52.3 Å². The Morgan fingerprint density at radius 1 is 1.06 bits per heavy atom. The van der Waals surface area contributed by atoms with Gasteiger partial charge < -0.3 is 4.90 Å². The number of benzene rings is 2. The van der Waals surface area contributed by atoms with Crippen LogP contribution in [-0.2, 0) is 17.9 Å². The third kappa shape index (κ3) is 4.55. The van der Waals surface area contributed by atoms with Crippen LogP contribution >= 0.6 is 23.1 Å². The SMILES string of the molecule is CCn1c(SCC(=O)N2CCN(Cc3cccc4ccccc34)CC2)nc2ccsc2c1=O. The first-order valence-corrected chi connectivity index (χ1v) is 13.1. The smallest absolute Gasteiger partial charge is 0.272 e. The number of rotatable bonds is 6. The largest absolute Gasteiger partial charge is 0.339 e. The van der Waals surface area contributed by atoms with Gasteiger partial charge in [0.25, 0.3) is 5.56 Å². The third-order valence-corrected chi connectivity index (χ3v) is 8.02. The second kappa shape index (κ2) is 9.67. The zero-order chi connectivity index (χ0) is 22.8. The number of hydrogen-bond acceptors (Lipinski definition) is 6. The van der Waals surface area contributed by atoms with Gasteiger partial charge in [0, 0.05) is 39.3 Å². The Balaban J connectivity index is 1.19.